The summed E-state index contributed by atoms with van der Waals surface area (Å²) in [7, 11) is 0. The lowest BCUT2D eigenvalue weighted by molar-refractivity contribution is -0.122. The van der Waals surface area contributed by atoms with Crippen molar-refractivity contribution in [2.45, 2.75) is 25.4 Å². The molecule has 0 spiro atoms. The molecule has 6 heteroatoms. The zero-order valence-corrected chi connectivity index (χ0v) is 16.6. The summed E-state index contributed by atoms with van der Waals surface area (Å²) in [4.78, 5) is 29.8. The van der Waals surface area contributed by atoms with E-state index < -0.39 is 0 Å². The van der Waals surface area contributed by atoms with Crippen LogP contribution in [0, 0.1) is 0 Å². The van der Waals surface area contributed by atoms with Crippen LogP contribution in [0.15, 0.2) is 51.4 Å². The predicted molar refractivity (Wildman–Crippen MR) is 104 cm³/mol. The number of benzene rings is 2. The fourth-order valence-electron chi connectivity index (χ4n) is 3.64. The topological polar surface area (TPSA) is 40.6 Å². The summed E-state index contributed by atoms with van der Waals surface area (Å²) in [6, 6.07) is 13.2. The summed E-state index contributed by atoms with van der Waals surface area (Å²) in [5.41, 5.74) is 2.27. The molecule has 0 aromatic heterocycles. The molecule has 1 fully saturated rings. The monoisotopic (exact) mass is 462 g/mol. The van der Waals surface area contributed by atoms with E-state index in [1.54, 1.807) is 9.80 Å². The first-order chi connectivity index (χ1) is 12.1. The largest absolute Gasteiger partial charge is 0.327 e. The number of rotatable bonds is 2. The molecule has 2 aliphatic rings. The molecule has 4 nitrogen and oxygen atoms in total. The molecule has 2 heterocycles. The molecule has 0 saturated carbocycles. The normalized spacial score (nSPS) is 19.7. The summed E-state index contributed by atoms with van der Waals surface area (Å²) in [5.74, 6) is -0.0695. The average molecular weight is 464 g/mol. The highest BCUT2D eigenvalue weighted by atomic mass is 79.9. The van der Waals surface area contributed by atoms with E-state index >= 15 is 0 Å². The van der Waals surface area contributed by atoms with Gasteiger partial charge in [-0.1, -0.05) is 46.3 Å². The van der Waals surface area contributed by atoms with Gasteiger partial charge in [0, 0.05) is 15.5 Å². The zero-order chi connectivity index (χ0) is 17.6. The summed E-state index contributed by atoms with van der Waals surface area (Å²) in [6.07, 6.45) is 1.59. The summed E-state index contributed by atoms with van der Waals surface area (Å²) in [5, 5.41) is 0. The van der Waals surface area contributed by atoms with Gasteiger partial charge in [-0.3, -0.25) is 9.59 Å². The Morgan fingerprint density at radius 2 is 1.84 bits per heavy atom. The molecule has 0 radical (unpaired) electrons. The van der Waals surface area contributed by atoms with Crippen molar-refractivity contribution in [2.75, 3.05) is 11.4 Å². The number of fused-ring (bicyclic) bond motifs is 2. The molecule has 128 valence electrons. The molecule has 25 heavy (non-hydrogen) atoms. The van der Waals surface area contributed by atoms with Crippen molar-refractivity contribution in [3.63, 3.8) is 0 Å². The second-order valence-corrected chi connectivity index (χ2v) is 8.12. The first kappa shape index (κ1) is 16.8. The number of nitrogens with zero attached hydrogens (tertiary/aromatic N) is 2. The lowest BCUT2D eigenvalue weighted by Crippen LogP contribution is -2.44. The van der Waals surface area contributed by atoms with Gasteiger partial charge in [0.05, 0.1) is 17.8 Å². The van der Waals surface area contributed by atoms with E-state index in [4.69, 9.17) is 0 Å². The highest BCUT2D eigenvalue weighted by molar-refractivity contribution is 9.11. The minimum absolute atomic E-state index is 0.00326. The van der Waals surface area contributed by atoms with Crippen LogP contribution in [0.3, 0.4) is 0 Å². The number of anilines is 1. The molecule has 0 bridgehead atoms. The van der Waals surface area contributed by atoms with Gasteiger partial charge in [0.1, 0.15) is 6.04 Å². The number of hydrogen-bond donors (Lipinski definition) is 0. The third-order valence-electron chi connectivity index (χ3n) is 4.78. The van der Waals surface area contributed by atoms with Crippen LogP contribution in [0.25, 0.3) is 0 Å². The minimum atomic E-state index is -0.366. The van der Waals surface area contributed by atoms with Gasteiger partial charge in [-0.15, -0.1) is 0 Å². The van der Waals surface area contributed by atoms with Crippen molar-refractivity contribution in [2.24, 2.45) is 0 Å². The van der Waals surface area contributed by atoms with Gasteiger partial charge in [0.25, 0.3) is 5.91 Å². The van der Waals surface area contributed by atoms with Gasteiger partial charge in [0.2, 0.25) is 5.91 Å². The van der Waals surface area contributed by atoms with Crippen LogP contribution in [0.5, 0.6) is 0 Å². The number of carbonyl (C=O) groups is 2. The predicted octanol–water partition coefficient (Wildman–Crippen LogP) is 4.36. The van der Waals surface area contributed by atoms with Crippen molar-refractivity contribution in [1.82, 2.24) is 4.90 Å². The van der Waals surface area contributed by atoms with Crippen LogP contribution in [0.1, 0.15) is 28.8 Å². The second kappa shape index (κ2) is 6.57. The Morgan fingerprint density at radius 3 is 2.60 bits per heavy atom. The maximum Gasteiger partial charge on any atom is 0.256 e. The van der Waals surface area contributed by atoms with Crippen molar-refractivity contribution in [1.29, 1.82) is 0 Å². The van der Waals surface area contributed by atoms with Gasteiger partial charge in [-0.05, 0) is 46.5 Å². The van der Waals surface area contributed by atoms with E-state index in [1.807, 2.05) is 42.5 Å². The smallest absolute Gasteiger partial charge is 0.256 e. The molecule has 2 aromatic rings. The fraction of sp³-hybridized carbons (Fsp3) is 0.263. The third kappa shape index (κ3) is 2.91. The Kier molecular flexibility index (Phi) is 4.41. The molecule has 4 rings (SSSR count). The Balaban J connectivity index is 1.88. The Bertz CT molecular complexity index is 854. The standard InChI is InChI=1S/C19H16Br2N2O2/c20-13-9-14-17(15(21)10-13)23(11-12-5-2-1-3-6-12)19(25)16-7-4-8-22(16)18(14)24/h1-3,5-6,9-10,16H,4,7-8,11H2/t16-/m0/s1. The zero-order valence-electron chi connectivity index (χ0n) is 13.4. The lowest BCUT2D eigenvalue weighted by atomic mass is 10.1. The van der Waals surface area contributed by atoms with Crippen molar-refractivity contribution >= 4 is 49.4 Å². The molecule has 2 aliphatic heterocycles. The highest BCUT2D eigenvalue weighted by Crippen LogP contribution is 2.39. The van der Waals surface area contributed by atoms with Crippen LogP contribution < -0.4 is 4.90 Å². The molecule has 1 saturated heterocycles. The molecule has 0 aliphatic carbocycles. The number of carbonyl (C=O) groups excluding carboxylic acids is 2. The van der Waals surface area contributed by atoms with Gasteiger partial charge < -0.3 is 9.80 Å². The van der Waals surface area contributed by atoms with E-state index in [0.717, 1.165) is 27.4 Å². The summed E-state index contributed by atoms with van der Waals surface area (Å²) >= 11 is 7.03. The SMILES string of the molecule is O=C1[C@@H]2CCCN2C(=O)c2cc(Br)cc(Br)c2N1Cc1ccccc1. The average Bonchev–Trinajstić information content (AvgIpc) is 3.06. The van der Waals surface area contributed by atoms with Crippen LogP contribution in [-0.4, -0.2) is 29.3 Å². The van der Waals surface area contributed by atoms with Gasteiger partial charge in [0.15, 0.2) is 0 Å². The van der Waals surface area contributed by atoms with Crippen molar-refractivity contribution < 1.29 is 9.59 Å². The number of amides is 2. The van der Waals surface area contributed by atoms with Crippen molar-refractivity contribution in [3.8, 4) is 0 Å². The minimum Gasteiger partial charge on any atom is -0.327 e. The molecule has 0 N–H and O–H groups in total. The number of hydrogen-bond acceptors (Lipinski definition) is 2. The molecule has 1 atom stereocenters. The highest BCUT2D eigenvalue weighted by Gasteiger charge is 2.42. The molecule has 2 aromatic carbocycles. The maximum absolute atomic E-state index is 13.3. The fourth-order valence-corrected chi connectivity index (χ4v) is 5.08. The van der Waals surface area contributed by atoms with E-state index in [1.165, 1.54) is 0 Å². The van der Waals surface area contributed by atoms with Crippen LogP contribution in [0.2, 0.25) is 0 Å². The van der Waals surface area contributed by atoms with Gasteiger partial charge >= 0.3 is 0 Å². The van der Waals surface area contributed by atoms with Gasteiger partial charge in [-0.2, -0.15) is 0 Å². The van der Waals surface area contributed by atoms with E-state index in [9.17, 15) is 9.59 Å². The third-order valence-corrected chi connectivity index (χ3v) is 5.84. The first-order valence-electron chi connectivity index (χ1n) is 8.21. The molecule has 2 amide bonds. The number of halogens is 2. The van der Waals surface area contributed by atoms with Gasteiger partial charge in [-0.25, -0.2) is 0 Å². The van der Waals surface area contributed by atoms with E-state index in [2.05, 4.69) is 31.9 Å². The van der Waals surface area contributed by atoms with Crippen LogP contribution in [0.4, 0.5) is 5.69 Å². The van der Waals surface area contributed by atoms with Crippen LogP contribution in [-0.2, 0) is 11.3 Å². The van der Waals surface area contributed by atoms with E-state index in [-0.39, 0.29) is 17.9 Å². The lowest BCUT2D eigenvalue weighted by Gasteiger charge is -2.26. The molecular formula is C19H16Br2N2O2. The molecule has 0 unspecified atom stereocenters. The molecular weight excluding hydrogens is 448 g/mol. The second-order valence-electron chi connectivity index (χ2n) is 6.35. The van der Waals surface area contributed by atoms with Crippen LogP contribution >= 0.6 is 31.9 Å². The van der Waals surface area contributed by atoms with Crippen molar-refractivity contribution in [3.05, 3.63) is 62.5 Å². The van der Waals surface area contributed by atoms with E-state index in [0.29, 0.717) is 24.3 Å². The Morgan fingerprint density at radius 1 is 1.08 bits per heavy atom. The Labute approximate surface area is 163 Å². The first-order valence-corrected chi connectivity index (χ1v) is 9.80. The quantitative estimate of drug-likeness (QED) is 0.663. The summed E-state index contributed by atoms with van der Waals surface area (Å²) < 4.78 is 1.56. The Hall–Kier alpha value is -1.66. The maximum atomic E-state index is 13.3. The summed E-state index contributed by atoms with van der Waals surface area (Å²) in [6.45, 7) is 1.09.